The number of piperidine rings is 1. The van der Waals surface area contributed by atoms with Gasteiger partial charge < -0.3 is 9.32 Å². The van der Waals surface area contributed by atoms with Crippen LogP contribution in [0.3, 0.4) is 0 Å². The van der Waals surface area contributed by atoms with Crippen LogP contribution in [0, 0.1) is 0 Å². The van der Waals surface area contributed by atoms with E-state index in [0.717, 1.165) is 24.8 Å². The largest absolute Gasteiger partial charge is 0.443 e. The number of likely N-dealkylation sites (tertiary alicyclic amines) is 1. The number of hydrogen-bond acceptors (Lipinski definition) is 5. The number of carbonyl (C=O) groups excluding carboxylic acids is 1. The van der Waals surface area contributed by atoms with Crippen LogP contribution in [0.4, 0.5) is 0 Å². The molecule has 2 aromatic heterocycles. The fraction of sp³-hybridized carbons (Fsp3) is 0.333. The molecule has 8 nitrogen and oxygen atoms in total. The summed E-state index contributed by atoms with van der Waals surface area (Å²) in [6, 6.07) is 8.48. The minimum absolute atomic E-state index is 0.151. The molecule has 3 aromatic rings. The number of carbonyl (C=O) groups is 1. The van der Waals surface area contributed by atoms with Gasteiger partial charge in [-0.25, -0.2) is 9.78 Å². The van der Waals surface area contributed by atoms with Gasteiger partial charge in [0.15, 0.2) is 0 Å². The van der Waals surface area contributed by atoms with Crippen LogP contribution in [-0.2, 0) is 17.8 Å². The fourth-order valence-electron chi connectivity index (χ4n) is 3.70. The molecule has 1 N–H and O–H groups in total. The first-order chi connectivity index (χ1) is 14.5. The molecule has 3 heterocycles. The van der Waals surface area contributed by atoms with Gasteiger partial charge in [0.05, 0.1) is 6.20 Å². The van der Waals surface area contributed by atoms with Gasteiger partial charge in [-0.2, -0.15) is 0 Å². The third-order valence-electron chi connectivity index (χ3n) is 5.15. The third-order valence-corrected chi connectivity index (χ3v) is 5.38. The topological polar surface area (TPSA) is 101 Å². The number of nitrogens with zero attached hydrogens (tertiary/aromatic N) is 3. The Morgan fingerprint density at radius 2 is 2.13 bits per heavy atom. The molecule has 0 spiro atoms. The molecule has 9 heteroatoms. The van der Waals surface area contributed by atoms with Gasteiger partial charge >= 0.3 is 5.69 Å². The van der Waals surface area contributed by atoms with Crippen LogP contribution in [0.2, 0.25) is 5.02 Å². The van der Waals surface area contributed by atoms with E-state index in [1.165, 1.54) is 16.8 Å². The molecule has 0 bridgehead atoms. The van der Waals surface area contributed by atoms with Crippen LogP contribution < -0.4 is 11.2 Å². The van der Waals surface area contributed by atoms with Crippen molar-refractivity contribution in [1.29, 1.82) is 0 Å². The Bertz CT molecular complexity index is 1170. The maximum atomic E-state index is 12.9. The highest BCUT2D eigenvalue weighted by molar-refractivity contribution is 6.30. The summed E-state index contributed by atoms with van der Waals surface area (Å²) in [4.78, 5) is 44.3. The average Bonchev–Trinajstić information content (AvgIpc) is 3.18. The molecule has 0 radical (unpaired) electrons. The molecule has 30 heavy (non-hydrogen) atoms. The number of nitrogens with one attached hydrogen (secondary N) is 1. The van der Waals surface area contributed by atoms with Gasteiger partial charge in [0, 0.05) is 30.3 Å². The van der Waals surface area contributed by atoms with E-state index in [2.05, 4.69) is 9.97 Å². The van der Waals surface area contributed by atoms with Crippen LogP contribution in [-0.4, -0.2) is 31.9 Å². The lowest BCUT2D eigenvalue weighted by Crippen LogP contribution is -2.42. The van der Waals surface area contributed by atoms with E-state index in [-0.39, 0.29) is 18.5 Å². The van der Waals surface area contributed by atoms with Gasteiger partial charge in [0.1, 0.15) is 18.3 Å². The molecule has 1 fully saturated rings. The number of H-pyrrole nitrogens is 1. The van der Waals surface area contributed by atoms with Crippen molar-refractivity contribution in [1.82, 2.24) is 19.4 Å². The number of halogens is 1. The summed E-state index contributed by atoms with van der Waals surface area (Å²) in [6.07, 6.45) is 6.13. The van der Waals surface area contributed by atoms with Crippen molar-refractivity contribution < 1.29 is 9.21 Å². The second-order valence-electron chi connectivity index (χ2n) is 7.31. The molecule has 4 rings (SSSR count). The number of oxazole rings is 1. The van der Waals surface area contributed by atoms with E-state index in [4.69, 9.17) is 16.0 Å². The summed E-state index contributed by atoms with van der Waals surface area (Å²) in [5.74, 6) is 0.972. The Hall–Kier alpha value is -3.13. The smallest absolute Gasteiger partial charge is 0.328 e. The molecular formula is C21H21ClN4O4. The minimum Gasteiger partial charge on any atom is -0.443 e. The van der Waals surface area contributed by atoms with Gasteiger partial charge in [0.2, 0.25) is 11.8 Å². The summed E-state index contributed by atoms with van der Waals surface area (Å²) in [5.41, 5.74) is -0.0878. The van der Waals surface area contributed by atoms with Gasteiger partial charge in [0.25, 0.3) is 5.56 Å². The molecule has 1 aliphatic rings. The van der Waals surface area contributed by atoms with Crippen molar-refractivity contribution in [2.24, 2.45) is 0 Å². The molecule has 0 unspecified atom stereocenters. The monoisotopic (exact) mass is 428 g/mol. The molecule has 1 saturated heterocycles. The standard InChI is InChI=1S/C21H21ClN4O4/c22-15-5-3-4-14(10-15)11-16-12-23-20(30-16)17-6-1-2-8-26(17)19(28)13-25-9-7-18(27)24-21(25)29/h3-5,7,9-10,12,17H,1-2,6,8,11,13H2,(H,24,27,29)/t17-/m1/s1. The summed E-state index contributed by atoms with van der Waals surface area (Å²) in [6.45, 7) is 0.413. The normalized spacial score (nSPS) is 16.6. The molecule has 0 aliphatic carbocycles. The number of amides is 1. The molecule has 156 valence electrons. The second-order valence-corrected chi connectivity index (χ2v) is 7.74. The first-order valence-corrected chi connectivity index (χ1v) is 10.2. The van der Waals surface area contributed by atoms with Gasteiger partial charge in [-0.1, -0.05) is 23.7 Å². The molecule has 1 aromatic carbocycles. The second kappa shape index (κ2) is 8.71. The van der Waals surface area contributed by atoms with E-state index in [1.54, 1.807) is 11.1 Å². The minimum atomic E-state index is -0.607. The van der Waals surface area contributed by atoms with Crippen LogP contribution in [0.15, 0.2) is 56.7 Å². The van der Waals surface area contributed by atoms with Gasteiger partial charge in [-0.15, -0.1) is 0 Å². The zero-order valence-corrected chi connectivity index (χ0v) is 17.0. The SMILES string of the molecule is O=C(Cn1ccc(=O)[nH]c1=O)N1CCCC[C@@H]1c1ncc(Cc2cccc(Cl)c2)o1. The number of benzene rings is 1. The average molecular weight is 429 g/mol. The molecular weight excluding hydrogens is 408 g/mol. The van der Waals surface area contributed by atoms with Crippen molar-refractivity contribution in [3.8, 4) is 0 Å². The van der Waals surface area contributed by atoms with Gasteiger partial charge in [-0.3, -0.25) is 19.1 Å². The lowest BCUT2D eigenvalue weighted by Gasteiger charge is -2.33. The van der Waals surface area contributed by atoms with Crippen molar-refractivity contribution >= 4 is 17.5 Å². The van der Waals surface area contributed by atoms with Crippen molar-refractivity contribution in [3.05, 3.63) is 85.8 Å². The quantitative estimate of drug-likeness (QED) is 0.672. The fourth-order valence-corrected chi connectivity index (χ4v) is 3.91. The van der Waals surface area contributed by atoms with Crippen LogP contribution >= 0.6 is 11.6 Å². The van der Waals surface area contributed by atoms with Crippen molar-refractivity contribution in [2.75, 3.05) is 6.54 Å². The highest BCUT2D eigenvalue weighted by atomic mass is 35.5. The van der Waals surface area contributed by atoms with E-state index < -0.39 is 11.2 Å². The van der Waals surface area contributed by atoms with Crippen LogP contribution in [0.25, 0.3) is 0 Å². The van der Waals surface area contributed by atoms with E-state index in [1.807, 2.05) is 24.3 Å². The lowest BCUT2D eigenvalue weighted by molar-refractivity contribution is -0.136. The Labute approximate surface area is 177 Å². The Balaban J connectivity index is 1.51. The zero-order chi connectivity index (χ0) is 21.1. The van der Waals surface area contributed by atoms with E-state index >= 15 is 0 Å². The molecule has 1 aliphatic heterocycles. The highest BCUT2D eigenvalue weighted by Gasteiger charge is 2.31. The first kappa shape index (κ1) is 20.2. The van der Waals surface area contributed by atoms with E-state index in [0.29, 0.717) is 29.6 Å². The number of rotatable bonds is 5. The zero-order valence-electron chi connectivity index (χ0n) is 16.2. The predicted molar refractivity (Wildman–Crippen MR) is 110 cm³/mol. The Morgan fingerprint density at radius 1 is 1.27 bits per heavy atom. The molecule has 1 amide bonds. The summed E-state index contributed by atoms with van der Waals surface area (Å²) in [7, 11) is 0. The Morgan fingerprint density at radius 3 is 2.93 bits per heavy atom. The lowest BCUT2D eigenvalue weighted by atomic mass is 10.0. The van der Waals surface area contributed by atoms with Crippen molar-refractivity contribution in [2.45, 2.75) is 38.3 Å². The first-order valence-electron chi connectivity index (χ1n) is 9.78. The summed E-state index contributed by atoms with van der Waals surface area (Å²) < 4.78 is 7.16. The highest BCUT2D eigenvalue weighted by Crippen LogP contribution is 2.31. The number of aromatic nitrogens is 3. The third kappa shape index (κ3) is 4.54. The maximum absolute atomic E-state index is 12.9. The van der Waals surface area contributed by atoms with Crippen molar-refractivity contribution in [3.63, 3.8) is 0 Å². The molecule has 0 saturated carbocycles. The predicted octanol–water partition coefficient (Wildman–Crippen LogP) is 2.52. The van der Waals surface area contributed by atoms with Crippen LogP contribution in [0.5, 0.6) is 0 Å². The number of aromatic amines is 1. The van der Waals surface area contributed by atoms with E-state index in [9.17, 15) is 14.4 Å². The summed E-state index contributed by atoms with van der Waals surface area (Å²) in [5, 5.41) is 0.661. The Kier molecular flexibility index (Phi) is 5.85. The van der Waals surface area contributed by atoms with Gasteiger partial charge in [-0.05, 0) is 37.0 Å². The number of hydrogen-bond donors (Lipinski definition) is 1. The maximum Gasteiger partial charge on any atom is 0.328 e. The van der Waals surface area contributed by atoms with Crippen LogP contribution in [0.1, 0.15) is 42.5 Å². The summed E-state index contributed by atoms with van der Waals surface area (Å²) >= 11 is 6.04. The molecule has 1 atom stereocenters.